The fourth-order valence-electron chi connectivity index (χ4n) is 1.10. The average Bonchev–Trinajstić information content (AvgIpc) is 2.43. The molecule has 0 N–H and O–H groups in total. The fourth-order valence-corrected chi connectivity index (χ4v) is 2.12. The van der Waals surface area contributed by atoms with Gasteiger partial charge in [0.2, 0.25) is 0 Å². The zero-order valence-corrected chi connectivity index (χ0v) is 10.3. The maximum Gasteiger partial charge on any atom is 0.188 e. The monoisotopic (exact) mass is 214 g/mol. The highest BCUT2D eigenvalue weighted by atomic mass is 32.1. The number of rotatable bonds is 3. The molecule has 0 radical (unpaired) electrons. The predicted molar refractivity (Wildman–Crippen MR) is 60.3 cm³/mol. The van der Waals surface area contributed by atoms with Gasteiger partial charge in [0.05, 0.1) is 0 Å². The van der Waals surface area contributed by atoms with Crippen LogP contribution in [0.2, 0.25) is 0 Å². The first kappa shape index (κ1) is 11.5. The Morgan fingerprint density at radius 3 is 2.43 bits per heavy atom. The van der Waals surface area contributed by atoms with Crippen LogP contribution in [0.25, 0.3) is 0 Å². The topological polar surface area (TPSA) is 18.5 Å². The third-order valence-electron chi connectivity index (χ3n) is 1.94. The maximum absolute atomic E-state index is 5.45. The lowest BCUT2D eigenvalue weighted by atomic mass is 9.95. The summed E-state index contributed by atoms with van der Waals surface area (Å²) in [6, 6.07) is 2.11. The minimum Gasteiger partial charge on any atom is -0.466 e. The van der Waals surface area contributed by atoms with Crippen LogP contribution in [0.4, 0.5) is 0 Å². The largest absolute Gasteiger partial charge is 0.466 e. The van der Waals surface area contributed by atoms with Gasteiger partial charge >= 0.3 is 0 Å². The molecule has 0 aliphatic carbocycles. The molecular formula is C11H18O2S. The Kier molecular flexibility index (Phi) is 3.56. The van der Waals surface area contributed by atoms with Crippen molar-refractivity contribution in [3.8, 4) is 5.75 Å². The van der Waals surface area contributed by atoms with Gasteiger partial charge in [-0.05, 0) is 18.4 Å². The smallest absolute Gasteiger partial charge is 0.188 e. The van der Waals surface area contributed by atoms with E-state index >= 15 is 0 Å². The van der Waals surface area contributed by atoms with Gasteiger partial charge in [0.1, 0.15) is 5.75 Å². The van der Waals surface area contributed by atoms with E-state index in [2.05, 4.69) is 33.8 Å². The number of hydrogen-bond acceptors (Lipinski definition) is 3. The molecule has 0 atom stereocenters. The van der Waals surface area contributed by atoms with Crippen LogP contribution in [0.15, 0.2) is 6.07 Å². The van der Waals surface area contributed by atoms with Crippen molar-refractivity contribution in [2.24, 2.45) is 0 Å². The van der Waals surface area contributed by atoms with Gasteiger partial charge in [0.25, 0.3) is 0 Å². The first-order chi connectivity index (χ1) is 6.45. The molecule has 3 heteroatoms. The van der Waals surface area contributed by atoms with Crippen molar-refractivity contribution in [1.29, 1.82) is 0 Å². The number of aryl methyl sites for hydroxylation is 1. The molecule has 0 bridgehead atoms. The second-order valence-corrected chi connectivity index (χ2v) is 5.59. The van der Waals surface area contributed by atoms with Crippen LogP contribution in [0.5, 0.6) is 5.75 Å². The van der Waals surface area contributed by atoms with Gasteiger partial charge in [-0.15, -0.1) is 11.3 Å². The van der Waals surface area contributed by atoms with Crippen molar-refractivity contribution in [2.75, 3.05) is 13.9 Å². The Hall–Kier alpha value is -0.540. The van der Waals surface area contributed by atoms with Crippen molar-refractivity contribution in [1.82, 2.24) is 0 Å². The molecule has 14 heavy (non-hydrogen) atoms. The average molecular weight is 214 g/mol. The molecule has 1 rings (SSSR count). The summed E-state index contributed by atoms with van der Waals surface area (Å²) in [4.78, 5) is 2.56. The lowest BCUT2D eigenvalue weighted by molar-refractivity contribution is 0.0509. The Bertz CT molecular complexity index is 297. The molecule has 80 valence electrons. The van der Waals surface area contributed by atoms with E-state index in [1.807, 2.05) is 0 Å². The van der Waals surface area contributed by atoms with Gasteiger partial charge in [0.15, 0.2) is 6.79 Å². The number of methoxy groups -OCH3 is 1. The second kappa shape index (κ2) is 4.32. The molecule has 0 unspecified atom stereocenters. The van der Waals surface area contributed by atoms with Gasteiger partial charge < -0.3 is 9.47 Å². The summed E-state index contributed by atoms with van der Waals surface area (Å²) in [6.45, 7) is 9.02. The summed E-state index contributed by atoms with van der Waals surface area (Å²) < 4.78 is 10.3. The molecule has 0 aliphatic rings. The summed E-state index contributed by atoms with van der Waals surface area (Å²) in [5, 5.41) is 0. The second-order valence-electron chi connectivity index (χ2n) is 4.33. The lowest BCUT2D eigenvalue weighted by Gasteiger charge is -2.15. The SMILES string of the molecule is COCOc1cc(C(C)(C)C)sc1C. The Balaban J connectivity index is 2.82. The van der Waals surface area contributed by atoms with E-state index in [1.54, 1.807) is 18.4 Å². The third-order valence-corrected chi connectivity index (χ3v) is 3.40. The van der Waals surface area contributed by atoms with Crippen LogP contribution in [-0.4, -0.2) is 13.9 Å². The van der Waals surface area contributed by atoms with Crippen molar-refractivity contribution < 1.29 is 9.47 Å². The van der Waals surface area contributed by atoms with Crippen molar-refractivity contribution in [3.63, 3.8) is 0 Å². The highest BCUT2D eigenvalue weighted by Gasteiger charge is 2.18. The van der Waals surface area contributed by atoms with Gasteiger partial charge in [0, 0.05) is 16.9 Å². The summed E-state index contributed by atoms with van der Waals surface area (Å²) >= 11 is 1.79. The Morgan fingerprint density at radius 1 is 1.36 bits per heavy atom. The lowest BCUT2D eigenvalue weighted by Crippen LogP contribution is -2.08. The first-order valence-corrected chi connectivity index (χ1v) is 5.49. The van der Waals surface area contributed by atoms with Crippen LogP contribution in [-0.2, 0) is 10.2 Å². The molecule has 0 amide bonds. The molecular weight excluding hydrogens is 196 g/mol. The van der Waals surface area contributed by atoms with E-state index in [1.165, 1.54) is 9.75 Å². The number of ether oxygens (including phenoxy) is 2. The van der Waals surface area contributed by atoms with E-state index in [9.17, 15) is 0 Å². The molecule has 0 saturated carbocycles. The van der Waals surface area contributed by atoms with Gasteiger partial charge in [-0.3, -0.25) is 0 Å². The third kappa shape index (κ3) is 2.72. The standard InChI is InChI=1S/C11H18O2S/c1-8-9(13-7-12-5)6-10(14-8)11(2,3)4/h6H,7H2,1-5H3. The Morgan fingerprint density at radius 2 is 2.00 bits per heavy atom. The molecule has 1 heterocycles. The molecule has 2 nitrogen and oxygen atoms in total. The fraction of sp³-hybridized carbons (Fsp3) is 0.636. The van der Waals surface area contributed by atoms with E-state index in [-0.39, 0.29) is 5.41 Å². The molecule has 0 fully saturated rings. The summed E-state index contributed by atoms with van der Waals surface area (Å²) in [5.74, 6) is 0.946. The number of hydrogen-bond donors (Lipinski definition) is 0. The van der Waals surface area contributed by atoms with Crippen molar-refractivity contribution >= 4 is 11.3 Å². The van der Waals surface area contributed by atoms with Crippen molar-refractivity contribution in [2.45, 2.75) is 33.1 Å². The quantitative estimate of drug-likeness (QED) is 0.718. The molecule has 0 aromatic carbocycles. The zero-order chi connectivity index (χ0) is 10.8. The van der Waals surface area contributed by atoms with Crippen LogP contribution in [0.1, 0.15) is 30.5 Å². The van der Waals surface area contributed by atoms with Crippen LogP contribution in [0.3, 0.4) is 0 Å². The molecule has 1 aromatic rings. The minimum absolute atomic E-state index is 0.199. The van der Waals surface area contributed by atoms with Gasteiger partial charge in [-0.1, -0.05) is 20.8 Å². The summed E-state index contributed by atoms with van der Waals surface area (Å²) in [5.41, 5.74) is 0.199. The minimum atomic E-state index is 0.199. The first-order valence-electron chi connectivity index (χ1n) is 4.68. The normalized spacial score (nSPS) is 11.8. The van der Waals surface area contributed by atoms with E-state index in [0.717, 1.165) is 5.75 Å². The zero-order valence-electron chi connectivity index (χ0n) is 9.51. The summed E-state index contributed by atoms with van der Waals surface area (Å²) in [6.07, 6.45) is 0. The molecule has 1 aromatic heterocycles. The molecule has 0 aliphatic heterocycles. The maximum atomic E-state index is 5.45. The Labute approximate surface area is 89.9 Å². The molecule has 0 spiro atoms. The summed E-state index contributed by atoms with van der Waals surface area (Å²) in [7, 11) is 1.63. The van der Waals surface area contributed by atoms with E-state index < -0.39 is 0 Å². The van der Waals surface area contributed by atoms with Crippen molar-refractivity contribution in [3.05, 3.63) is 15.8 Å². The highest BCUT2D eigenvalue weighted by molar-refractivity contribution is 7.12. The van der Waals surface area contributed by atoms with Crippen LogP contribution >= 0.6 is 11.3 Å². The number of thiophene rings is 1. The molecule has 0 saturated heterocycles. The van der Waals surface area contributed by atoms with Gasteiger partial charge in [-0.25, -0.2) is 0 Å². The van der Waals surface area contributed by atoms with Crippen LogP contribution in [0, 0.1) is 6.92 Å². The van der Waals surface area contributed by atoms with Crippen LogP contribution < -0.4 is 4.74 Å². The van der Waals surface area contributed by atoms with E-state index in [0.29, 0.717) is 6.79 Å². The predicted octanol–water partition coefficient (Wildman–Crippen LogP) is 3.34. The highest BCUT2D eigenvalue weighted by Crippen LogP contribution is 2.36. The van der Waals surface area contributed by atoms with E-state index in [4.69, 9.17) is 9.47 Å². The van der Waals surface area contributed by atoms with Gasteiger partial charge in [-0.2, -0.15) is 0 Å².